The highest BCUT2D eigenvalue weighted by atomic mass is 28.4. The third-order valence-electron chi connectivity index (χ3n) is 3.31. The van der Waals surface area contributed by atoms with Crippen LogP contribution in [0.5, 0.6) is 0 Å². The van der Waals surface area contributed by atoms with E-state index in [2.05, 4.69) is 19.6 Å². The lowest BCUT2D eigenvalue weighted by atomic mass is 9.98. The van der Waals surface area contributed by atoms with Crippen LogP contribution in [0.2, 0.25) is 19.6 Å². The highest BCUT2D eigenvalue weighted by Crippen LogP contribution is 2.44. The van der Waals surface area contributed by atoms with Crippen LogP contribution in [0.25, 0.3) is 0 Å². The molecule has 0 aromatic rings. The molecule has 0 aromatic heterocycles. The van der Waals surface area contributed by atoms with Crippen LogP contribution in [0.4, 0.5) is 0 Å². The minimum atomic E-state index is -1.13. The summed E-state index contributed by atoms with van der Waals surface area (Å²) >= 11 is 0. The quantitative estimate of drug-likeness (QED) is 0.683. The predicted octanol–water partition coefficient (Wildman–Crippen LogP) is 2.64. The molecule has 0 amide bonds. The second-order valence-corrected chi connectivity index (χ2v) is 10.2. The Labute approximate surface area is 88.8 Å². The third kappa shape index (κ3) is 3.71. The molecule has 2 bridgehead atoms. The zero-order valence-corrected chi connectivity index (χ0v) is 10.9. The topological polar surface area (TPSA) is 29.5 Å². The van der Waals surface area contributed by atoms with E-state index in [9.17, 15) is 5.11 Å². The van der Waals surface area contributed by atoms with Gasteiger partial charge in [-0.25, -0.2) is 0 Å². The van der Waals surface area contributed by atoms with E-state index in [0.717, 1.165) is 12.3 Å². The maximum absolute atomic E-state index is 9.22. The molecule has 2 rings (SSSR count). The van der Waals surface area contributed by atoms with Crippen LogP contribution in [-0.4, -0.2) is 26.6 Å². The second-order valence-electron chi connectivity index (χ2n) is 5.56. The second kappa shape index (κ2) is 4.77. The van der Waals surface area contributed by atoms with Gasteiger partial charge in [0.15, 0.2) is 8.32 Å². The van der Waals surface area contributed by atoms with Gasteiger partial charge in [-0.1, -0.05) is 0 Å². The summed E-state index contributed by atoms with van der Waals surface area (Å²) in [5, 5.41) is 9.22. The molecule has 14 heavy (non-hydrogen) atoms. The third-order valence-corrected chi connectivity index (χ3v) is 4.54. The van der Waals surface area contributed by atoms with Crippen molar-refractivity contribution < 1.29 is 9.53 Å². The monoisotopic (exact) mass is 216 g/mol. The molecule has 2 aliphatic rings. The first-order valence-corrected chi connectivity index (χ1v) is 9.06. The van der Waals surface area contributed by atoms with E-state index in [4.69, 9.17) is 4.43 Å². The number of aliphatic hydroxyl groups is 1. The van der Waals surface area contributed by atoms with Crippen LogP contribution in [-0.2, 0) is 4.43 Å². The van der Waals surface area contributed by atoms with Gasteiger partial charge in [-0.05, 0) is 57.2 Å². The maximum Gasteiger partial charge on any atom is 0.183 e. The Morgan fingerprint density at radius 1 is 1.14 bits per heavy atom. The summed E-state index contributed by atoms with van der Waals surface area (Å²) < 4.78 is 5.08. The zero-order valence-electron chi connectivity index (χ0n) is 9.92. The number of fused-ring (bicyclic) bond motifs is 2. The maximum atomic E-state index is 9.22. The van der Waals surface area contributed by atoms with Gasteiger partial charge in [0.1, 0.15) is 0 Å². The molecule has 3 heteroatoms. The Morgan fingerprint density at radius 3 is 1.86 bits per heavy atom. The summed E-state index contributed by atoms with van der Waals surface area (Å²) in [6.45, 7) is 6.48. The average molecular weight is 216 g/mol. The molecule has 2 aliphatic carbocycles. The number of hydrogen-bond donors (Lipinski definition) is 1. The van der Waals surface area contributed by atoms with Crippen molar-refractivity contribution in [3.63, 3.8) is 0 Å². The van der Waals surface area contributed by atoms with Gasteiger partial charge in [0.2, 0.25) is 0 Å². The summed E-state index contributed by atoms with van der Waals surface area (Å²) in [6, 6.07) is 0. The van der Waals surface area contributed by atoms with E-state index in [0.29, 0.717) is 5.92 Å². The smallest absolute Gasteiger partial charge is 0.183 e. The Bertz CT molecular complexity index is 175. The zero-order chi connectivity index (χ0) is 10.8. The number of aliphatic hydroxyl groups excluding tert-OH is 1. The molecule has 84 valence electrons. The fraction of sp³-hybridized carbons (Fsp3) is 1.00. The Kier molecular flexibility index (Phi) is 4.16. The number of hydrogen-bond acceptors (Lipinski definition) is 2. The lowest BCUT2D eigenvalue weighted by Gasteiger charge is -2.14. The Hall–Kier alpha value is 0.137. The first-order chi connectivity index (χ1) is 6.42. The minimum absolute atomic E-state index is 0.0775. The van der Waals surface area contributed by atoms with Gasteiger partial charge < -0.3 is 9.53 Å². The summed E-state index contributed by atoms with van der Waals surface area (Å²) in [5.41, 5.74) is 0. The summed E-state index contributed by atoms with van der Waals surface area (Å²) in [7, 11) is 0.639. The summed E-state index contributed by atoms with van der Waals surface area (Å²) in [4.78, 5) is 0. The van der Waals surface area contributed by atoms with Gasteiger partial charge in [0.25, 0.3) is 0 Å². The molecule has 3 unspecified atom stereocenters. The van der Waals surface area contributed by atoms with E-state index >= 15 is 0 Å². The molecule has 0 aromatic carbocycles. The molecule has 2 saturated carbocycles. The molecule has 1 N–H and O–H groups in total. The summed E-state index contributed by atoms with van der Waals surface area (Å²) in [5.74, 6) is 1.59. The molecule has 0 spiro atoms. The van der Waals surface area contributed by atoms with E-state index < -0.39 is 8.32 Å². The highest BCUT2D eigenvalue weighted by Gasteiger charge is 2.38. The van der Waals surface area contributed by atoms with Crippen molar-refractivity contribution in [3.8, 4) is 0 Å². The fourth-order valence-electron chi connectivity index (χ4n) is 2.21. The average Bonchev–Trinajstić information content (AvgIpc) is 2.64. The van der Waals surface area contributed by atoms with Crippen molar-refractivity contribution in [2.75, 3.05) is 7.11 Å². The van der Waals surface area contributed by atoms with Crippen molar-refractivity contribution in [2.45, 2.75) is 51.4 Å². The molecule has 2 fully saturated rings. The Balaban J connectivity index is 0.000000149. The fourth-order valence-corrected chi connectivity index (χ4v) is 2.21. The molecule has 3 atom stereocenters. The molecule has 0 saturated heterocycles. The molecule has 2 nitrogen and oxygen atoms in total. The van der Waals surface area contributed by atoms with Crippen LogP contribution in [0, 0.1) is 11.8 Å². The van der Waals surface area contributed by atoms with Gasteiger partial charge in [-0.2, -0.15) is 0 Å². The van der Waals surface area contributed by atoms with Crippen LogP contribution in [0.1, 0.15) is 25.7 Å². The van der Waals surface area contributed by atoms with Gasteiger partial charge in [-0.15, -0.1) is 0 Å². The van der Waals surface area contributed by atoms with E-state index in [-0.39, 0.29) is 6.10 Å². The van der Waals surface area contributed by atoms with Gasteiger partial charge in [0, 0.05) is 7.11 Å². The summed E-state index contributed by atoms with van der Waals surface area (Å²) in [6.07, 6.45) is 5.19. The lowest BCUT2D eigenvalue weighted by molar-refractivity contribution is 0.113. The largest absolute Gasteiger partial charge is 0.421 e. The first kappa shape index (κ1) is 12.2. The predicted molar refractivity (Wildman–Crippen MR) is 61.8 cm³/mol. The van der Waals surface area contributed by atoms with E-state index in [1.807, 2.05) is 0 Å². The van der Waals surface area contributed by atoms with Crippen LogP contribution in [0.3, 0.4) is 0 Å². The van der Waals surface area contributed by atoms with Gasteiger partial charge >= 0.3 is 0 Å². The minimum Gasteiger partial charge on any atom is -0.421 e. The number of rotatable bonds is 1. The SMILES string of the molecule is CO[Si](C)(C)C.OC1CC2CCC1C2. The molecule has 0 radical (unpaired) electrons. The molecular weight excluding hydrogens is 192 g/mol. The molecular formula is C11H24O2Si. The van der Waals surface area contributed by atoms with Crippen LogP contribution in [0.15, 0.2) is 0 Å². The Morgan fingerprint density at radius 2 is 1.71 bits per heavy atom. The normalized spacial score (nSPS) is 35.4. The van der Waals surface area contributed by atoms with Crippen molar-refractivity contribution in [3.05, 3.63) is 0 Å². The van der Waals surface area contributed by atoms with Gasteiger partial charge in [-0.3, -0.25) is 0 Å². The van der Waals surface area contributed by atoms with Crippen molar-refractivity contribution in [1.82, 2.24) is 0 Å². The van der Waals surface area contributed by atoms with E-state index in [1.54, 1.807) is 7.11 Å². The van der Waals surface area contributed by atoms with Crippen molar-refractivity contribution in [1.29, 1.82) is 0 Å². The highest BCUT2D eigenvalue weighted by molar-refractivity contribution is 6.69. The van der Waals surface area contributed by atoms with Crippen molar-refractivity contribution in [2.24, 2.45) is 11.8 Å². The first-order valence-electron chi connectivity index (χ1n) is 5.65. The van der Waals surface area contributed by atoms with Crippen LogP contribution < -0.4 is 0 Å². The molecule has 0 aliphatic heterocycles. The molecule has 0 heterocycles. The standard InChI is InChI=1S/C7H12O.C4H12OSi/c8-7-4-5-1-2-6(7)3-5;1-5-6(2,3)4/h5-8H,1-4H2;1-4H3. The van der Waals surface area contributed by atoms with Crippen molar-refractivity contribution >= 4 is 8.32 Å². The lowest BCUT2D eigenvalue weighted by Crippen LogP contribution is -2.22. The van der Waals surface area contributed by atoms with Crippen LogP contribution >= 0.6 is 0 Å². The van der Waals surface area contributed by atoms with Gasteiger partial charge in [0.05, 0.1) is 6.10 Å². The van der Waals surface area contributed by atoms with E-state index in [1.165, 1.54) is 19.3 Å².